The fourth-order valence-electron chi connectivity index (χ4n) is 3.04. The Balaban J connectivity index is 2.26. The first kappa shape index (κ1) is 19.6. The highest BCUT2D eigenvalue weighted by molar-refractivity contribution is 5.80. The molecule has 1 heterocycles. The van der Waals surface area contributed by atoms with Gasteiger partial charge in [0.2, 0.25) is 5.84 Å². The van der Waals surface area contributed by atoms with Crippen molar-refractivity contribution in [1.29, 1.82) is 0 Å². The molecule has 0 radical (unpaired) electrons. The second-order valence-electron chi connectivity index (χ2n) is 6.15. The summed E-state index contributed by atoms with van der Waals surface area (Å²) in [5.41, 5.74) is 5.65. The monoisotopic (exact) mass is 321 g/mol. The van der Waals surface area contributed by atoms with Gasteiger partial charge in [-0.15, -0.1) is 0 Å². The van der Waals surface area contributed by atoms with Crippen molar-refractivity contribution in [3.63, 3.8) is 0 Å². The Morgan fingerprint density at radius 1 is 1.26 bits per heavy atom. The van der Waals surface area contributed by atoms with Gasteiger partial charge in [-0.3, -0.25) is 0 Å². The van der Waals surface area contributed by atoms with Crippen LogP contribution in [-0.4, -0.2) is 35.9 Å². The minimum Gasteiger partial charge on any atom is -0.544 e. The average Bonchev–Trinajstić information content (AvgIpc) is 2.87. The fraction of sp³-hybridized carbons (Fsp3) is 0.667. The topological polar surface area (TPSA) is 78.5 Å². The summed E-state index contributed by atoms with van der Waals surface area (Å²) >= 11 is 0. The van der Waals surface area contributed by atoms with Crippen LogP contribution in [0.1, 0.15) is 58.3 Å². The number of unbranched alkanes of at least 4 members (excludes halogenated alkanes) is 6. The van der Waals surface area contributed by atoms with Gasteiger partial charge in [0.15, 0.2) is 0 Å². The Labute approximate surface area is 140 Å². The van der Waals surface area contributed by atoms with Gasteiger partial charge in [-0.25, -0.2) is 9.48 Å². The smallest absolute Gasteiger partial charge is 0.207 e. The normalized spacial score (nSPS) is 20.3. The number of hydrogen-bond acceptors (Lipinski definition) is 4. The quantitative estimate of drug-likeness (QED) is 0.320. The maximum Gasteiger partial charge on any atom is 0.207 e. The highest BCUT2D eigenvalue weighted by Gasteiger charge is 2.34. The molecule has 1 aliphatic heterocycles. The van der Waals surface area contributed by atoms with Crippen LogP contribution in [0, 0.1) is 0 Å². The molecule has 1 rings (SSSR count). The average molecular weight is 321 g/mol. The van der Waals surface area contributed by atoms with Gasteiger partial charge in [-0.05, 0) is 26.2 Å². The van der Waals surface area contributed by atoms with Crippen molar-refractivity contribution in [2.45, 2.75) is 58.3 Å². The van der Waals surface area contributed by atoms with Gasteiger partial charge in [-0.2, -0.15) is 0 Å². The van der Waals surface area contributed by atoms with Gasteiger partial charge < -0.3 is 15.6 Å². The number of carbonyl (C=O) groups excluding carboxylic acids is 1. The summed E-state index contributed by atoms with van der Waals surface area (Å²) in [4.78, 5) is 15.4. The molecule has 0 bridgehead atoms. The molecule has 0 aromatic rings. The van der Waals surface area contributed by atoms with Crippen molar-refractivity contribution < 1.29 is 14.4 Å². The first-order valence-electron chi connectivity index (χ1n) is 8.77. The summed E-state index contributed by atoms with van der Waals surface area (Å²) in [6.07, 6.45) is 17.1. The molecule has 0 spiro atoms. The largest absolute Gasteiger partial charge is 0.544 e. The SMILES string of the molecule is C/C=C/CCCCCCCCC1=NC=C[N+]1(CCN)CC(=O)[O-]. The van der Waals surface area contributed by atoms with Crippen LogP contribution in [-0.2, 0) is 4.79 Å². The molecule has 2 N–H and O–H groups in total. The molecule has 0 saturated heterocycles. The molecule has 1 atom stereocenters. The van der Waals surface area contributed by atoms with E-state index < -0.39 is 5.97 Å². The zero-order valence-corrected chi connectivity index (χ0v) is 14.4. The number of carbonyl (C=O) groups is 1. The summed E-state index contributed by atoms with van der Waals surface area (Å²) in [5, 5.41) is 11.0. The van der Waals surface area contributed by atoms with Gasteiger partial charge >= 0.3 is 0 Å². The number of nitrogens with zero attached hydrogens (tertiary/aromatic N) is 2. The third kappa shape index (κ3) is 7.10. The molecule has 0 amide bonds. The van der Waals surface area contributed by atoms with E-state index in [4.69, 9.17) is 5.73 Å². The zero-order chi connectivity index (χ0) is 17.0. The Morgan fingerprint density at radius 2 is 1.96 bits per heavy atom. The fourth-order valence-corrected chi connectivity index (χ4v) is 3.04. The van der Waals surface area contributed by atoms with Crippen LogP contribution < -0.4 is 10.8 Å². The maximum atomic E-state index is 11.0. The number of nitrogens with two attached hydrogens (primary N) is 1. The van der Waals surface area contributed by atoms with Crippen LogP contribution >= 0.6 is 0 Å². The van der Waals surface area contributed by atoms with E-state index in [9.17, 15) is 9.90 Å². The molecule has 1 unspecified atom stereocenters. The second kappa shape index (κ2) is 11.1. The van der Waals surface area contributed by atoms with E-state index in [0.717, 1.165) is 25.1 Å². The number of rotatable bonds is 13. The standard InChI is InChI=1S/C18H31N3O2/c1-2-3-4-5-6-7-8-9-10-11-17-20-13-15-21(17,14-12-19)16-18(22)23/h2-3,13,15H,4-12,14,16,19H2,1H3/b3-2+. The number of carboxylic acids is 1. The second-order valence-corrected chi connectivity index (χ2v) is 6.15. The number of allylic oxidation sites excluding steroid dienone is 2. The van der Waals surface area contributed by atoms with Crippen LogP contribution in [0.5, 0.6) is 0 Å². The lowest BCUT2D eigenvalue weighted by Gasteiger charge is -2.32. The predicted molar refractivity (Wildman–Crippen MR) is 92.4 cm³/mol. The van der Waals surface area contributed by atoms with Crippen molar-refractivity contribution in [2.75, 3.05) is 19.6 Å². The first-order valence-corrected chi connectivity index (χ1v) is 8.77. The number of aliphatic imine (C=N–C) groups is 1. The van der Waals surface area contributed by atoms with Crippen molar-refractivity contribution in [2.24, 2.45) is 10.7 Å². The lowest BCUT2D eigenvalue weighted by Crippen LogP contribution is -2.55. The molecule has 0 aromatic heterocycles. The first-order chi connectivity index (χ1) is 11.1. The Kier molecular flexibility index (Phi) is 9.48. The van der Waals surface area contributed by atoms with E-state index in [-0.39, 0.29) is 11.0 Å². The van der Waals surface area contributed by atoms with E-state index >= 15 is 0 Å². The molecule has 0 fully saturated rings. The number of carboxylic acid groups (broad SMARTS) is 1. The third-order valence-corrected chi connectivity index (χ3v) is 4.29. The third-order valence-electron chi connectivity index (χ3n) is 4.29. The highest BCUT2D eigenvalue weighted by Crippen LogP contribution is 2.20. The molecule has 5 heteroatoms. The van der Waals surface area contributed by atoms with Crippen LogP contribution in [0.3, 0.4) is 0 Å². The van der Waals surface area contributed by atoms with Gasteiger partial charge in [0.05, 0.1) is 12.2 Å². The molecule has 5 nitrogen and oxygen atoms in total. The number of hydrogen-bond donors (Lipinski definition) is 1. The molecule has 1 aliphatic rings. The summed E-state index contributed by atoms with van der Waals surface area (Å²) < 4.78 is 0.238. The van der Waals surface area contributed by atoms with Crippen LogP contribution in [0.25, 0.3) is 0 Å². The molecule has 130 valence electrons. The Hall–Kier alpha value is -1.46. The van der Waals surface area contributed by atoms with Crippen molar-refractivity contribution in [3.8, 4) is 0 Å². The highest BCUT2D eigenvalue weighted by atomic mass is 16.4. The zero-order valence-electron chi connectivity index (χ0n) is 14.4. The van der Waals surface area contributed by atoms with Crippen molar-refractivity contribution in [1.82, 2.24) is 0 Å². The van der Waals surface area contributed by atoms with Crippen molar-refractivity contribution in [3.05, 3.63) is 24.6 Å². The van der Waals surface area contributed by atoms with E-state index in [2.05, 4.69) is 24.1 Å². The van der Waals surface area contributed by atoms with E-state index in [1.54, 1.807) is 6.20 Å². The van der Waals surface area contributed by atoms with Gasteiger partial charge in [-0.1, -0.05) is 37.8 Å². The summed E-state index contributed by atoms with van der Waals surface area (Å²) in [7, 11) is 0. The molecule has 0 aliphatic carbocycles. The van der Waals surface area contributed by atoms with Gasteiger partial charge in [0.25, 0.3) is 0 Å². The molecule has 0 aromatic carbocycles. The van der Waals surface area contributed by atoms with E-state index in [1.807, 2.05) is 6.20 Å². The summed E-state index contributed by atoms with van der Waals surface area (Å²) in [6.45, 7) is 2.98. The van der Waals surface area contributed by atoms with E-state index in [1.165, 1.54) is 32.1 Å². The minimum absolute atomic E-state index is 0.0719. The van der Waals surface area contributed by atoms with Crippen LogP contribution in [0.4, 0.5) is 0 Å². The van der Waals surface area contributed by atoms with Crippen LogP contribution in [0.2, 0.25) is 0 Å². The Morgan fingerprint density at radius 3 is 2.61 bits per heavy atom. The lowest BCUT2D eigenvalue weighted by molar-refractivity contribution is -0.780. The molecular weight excluding hydrogens is 290 g/mol. The molecular formula is C18H31N3O2. The van der Waals surface area contributed by atoms with Gasteiger partial charge in [0, 0.05) is 13.0 Å². The van der Waals surface area contributed by atoms with Crippen LogP contribution in [0.15, 0.2) is 29.5 Å². The number of quaternary nitrogens is 1. The lowest BCUT2D eigenvalue weighted by atomic mass is 10.1. The minimum atomic E-state index is -1.06. The van der Waals surface area contributed by atoms with E-state index in [0.29, 0.717) is 13.1 Å². The summed E-state index contributed by atoms with van der Waals surface area (Å²) in [5.74, 6) is -0.147. The Bertz CT molecular complexity index is 444. The number of amidine groups is 1. The molecule has 23 heavy (non-hydrogen) atoms. The van der Waals surface area contributed by atoms with Crippen molar-refractivity contribution >= 4 is 11.8 Å². The van der Waals surface area contributed by atoms with Gasteiger partial charge in [0.1, 0.15) is 19.3 Å². The summed E-state index contributed by atoms with van der Waals surface area (Å²) in [6, 6.07) is 0. The maximum absolute atomic E-state index is 11.0. The predicted octanol–water partition coefficient (Wildman–Crippen LogP) is 2.09. The number of aliphatic carboxylic acids is 1. The molecule has 0 saturated carbocycles.